The maximum absolute atomic E-state index is 12.7. The fourth-order valence-electron chi connectivity index (χ4n) is 3.13. The molecular weight excluding hydrogens is 306 g/mol. The van der Waals surface area contributed by atoms with E-state index >= 15 is 0 Å². The van der Waals surface area contributed by atoms with Crippen molar-refractivity contribution in [3.63, 3.8) is 0 Å². The minimum atomic E-state index is -0.818. The van der Waals surface area contributed by atoms with Crippen molar-refractivity contribution in [1.29, 1.82) is 0 Å². The van der Waals surface area contributed by atoms with E-state index in [-0.39, 0.29) is 18.4 Å². The van der Waals surface area contributed by atoms with Crippen LogP contribution in [-0.2, 0) is 4.79 Å². The van der Waals surface area contributed by atoms with Gasteiger partial charge >= 0.3 is 5.97 Å². The molecule has 1 fully saturated rings. The largest absolute Gasteiger partial charge is 0.485 e. The van der Waals surface area contributed by atoms with Gasteiger partial charge in [-0.1, -0.05) is 13.3 Å². The van der Waals surface area contributed by atoms with Gasteiger partial charge in [-0.15, -0.1) is 11.3 Å². The number of ether oxygens (including phenoxy) is 2. The molecule has 0 spiro atoms. The molecule has 0 bridgehead atoms. The number of nitrogens with zero attached hydrogens (tertiary/aromatic N) is 1. The van der Waals surface area contributed by atoms with E-state index in [9.17, 15) is 14.7 Å². The molecule has 0 saturated carbocycles. The van der Waals surface area contributed by atoms with E-state index in [0.717, 1.165) is 12.8 Å². The second-order valence-electron chi connectivity index (χ2n) is 5.66. The minimum Gasteiger partial charge on any atom is -0.485 e. The molecule has 0 aromatic carbocycles. The molecular formula is C15H19NO5S. The zero-order chi connectivity index (χ0) is 15.7. The van der Waals surface area contributed by atoms with Crippen LogP contribution in [-0.4, -0.2) is 48.2 Å². The van der Waals surface area contributed by atoms with Crippen LogP contribution < -0.4 is 9.47 Å². The van der Waals surface area contributed by atoms with Crippen LogP contribution >= 0.6 is 11.3 Å². The van der Waals surface area contributed by atoms with Crippen molar-refractivity contribution >= 4 is 23.2 Å². The lowest BCUT2D eigenvalue weighted by molar-refractivity contribution is -0.142. The first kappa shape index (κ1) is 15.1. The molecule has 2 aliphatic rings. The maximum atomic E-state index is 12.7. The smallest absolute Gasteiger partial charge is 0.308 e. The van der Waals surface area contributed by atoms with Crippen molar-refractivity contribution in [2.45, 2.75) is 19.8 Å². The Bertz CT molecular complexity index is 584. The summed E-state index contributed by atoms with van der Waals surface area (Å²) in [6.07, 6.45) is 1.74. The van der Waals surface area contributed by atoms with Crippen LogP contribution in [0.3, 0.4) is 0 Å². The van der Waals surface area contributed by atoms with Gasteiger partial charge in [-0.05, 0) is 12.3 Å². The Balaban J connectivity index is 1.78. The molecule has 1 N–H and O–H groups in total. The highest BCUT2D eigenvalue weighted by Crippen LogP contribution is 2.41. The van der Waals surface area contributed by atoms with Crippen LogP contribution in [0.15, 0.2) is 5.38 Å². The summed E-state index contributed by atoms with van der Waals surface area (Å²) in [6, 6.07) is 0. The lowest BCUT2D eigenvalue weighted by atomic mass is 9.92. The monoisotopic (exact) mass is 325 g/mol. The first-order valence-electron chi connectivity index (χ1n) is 7.51. The molecule has 1 amide bonds. The normalized spacial score (nSPS) is 23.6. The summed E-state index contributed by atoms with van der Waals surface area (Å²) < 4.78 is 11.0. The number of hydrogen-bond acceptors (Lipinski definition) is 5. The Morgan fingerprint density at radius 3 is 2.86 bits per heavy atom. The Morgan fingerprint density at radius 1 is 1.36 bits per heavy atom. The summed E-state index contributed by atoms with van der Waals surface area (Å²) in [4.78, 5) is 26.3. The van der Waals surface area contributed by atoms with Crippen LogP contribution in [0, 0.1) is 11.8 Å². The van der Waals surface area contributed by atoms with Gasteiger partial charge in [-0.3, -0.25) is 9.59 Å². The highest BCUT2D eigenvalue weighted by Gasteiger charge is 2.40. The molecule has 22 heavy (non-hydrogen) atoms. The maximum Gasteiger partial charge on any atom is 0.308 e. The number of fused-ring (bicyclic) bond motifs is 1. The number of carbonyl (C=O) groups excluding carboxylic acids is 1. The van der Waals surface area contributed by atoms with E-state index < -0.39 is 11.9 Å². The fourth-order valence-corrected chi connectivity index (χ4v) is 4.03. The standard InChI is InChI=1S/C15H19NO5S/c1-2-3-9-6-16(7-10(9)15(18)19)14(17)13-12-11(8-22-13)20-4-5-21-12/h8-10H,2-7H2,1H3,(H,18,19)/t9-,10-/m1/s1. The van der Waals surface area contributed by atoms with Gasteiger partial charge in [0.2, 0.25) is 0 Å². The summed E-state index contributed by atoms with van der Waals surface area (Å²) in [5, 5.41) is 11.1. The van der Waals surface area contributed by atoms with Gasteiger partial charge in [-0.2, -0.15) is 0 Å². The van der Waals surface area contributed by atoms with Gasteiger partial charge in [0.05, 0.1) is 5.92 Å². The van der Waals surface area contributed by atoms with Gasteiger partial charge in [-0.25, -0.2) is 0 Å². The van der Waals surface area contributed by atoms with Gasteiger partial charge in [0.25, 0.3) is 5.91 Å². The van der Waals surface area contributed by atoms with Crippen LogP contribution in [0.25, 0.3) is 0 Å². The molecule has 1 aromatic heterocycles. The Kier molecular flexibility index (Phi) is 4.24. The van der Waals surface area contributed by atoms with E-state index in [1.807, 2.05) is 6.92 Å². The van der Waals surface area contributed by atoms with Crippen molar-refractivity contribution in [3.05, 3.63) is 10.3 Å². The number of carboxylic acid groups (broad SMARTS) is 1. The highest BCUT2D eigenvalue weighted by molar-refractivity contribution is 7.12. The summed E-state index contributed by atoms with van der Waals surface area (Å²) in [5.41, 5.74) is 0. The zero-order valence-electron chi connectivity index (χ0n) is 12.4. The lowest BCUT2D eigenvalue weighted by Gasteiger charge is -2.19. The average Bonchev–Trinajstić information content (AvgIpc) is 3.11. The molecule has 1 aromatic rings. The third-order valence-electron chi connectivity index (χ3n) is 4.20. The first-order valence-corrected chi connectivity index (χ1v) is 8.39. The van der Waals surface area contributed by atoms with E-state index in [1.165, 1.54) is 11.3 Å². The molecule has 120 valence electrons. The summed E-state index contributed by atoms with van der Waals surface area (Å²) in [6.45, 7) is 3.72. The minimum absolute atomic E-state index is 0.0272. The number of thiophene rings is 1. The van der Waals surface area contributed by atoms with Crippen LogP contribution in [0.5, 0.6) is 11.5 Å². The van der Waals surface area contributed by atoms with Crippen molar-refractivity contribution in [2.24, 2.45) is 11.8 Å². The fraction of sp³-hybridized carbons (Fsp3) is 0.600. The number of carbonyl (C=O) groups is 2. The number of rotatable bonds is 4. The number of likely N-dealkylation sites (tertiary alicyclic amines) is 1. The number of amides is 1. The van der Waals surface area contributed by atoms with E-state index in [0.29, 0.717) is 36.1 Å². The Morgan fingerprint density at radius 2 is 2.14 bits per heavy atom. The quantitative estimate of drug-likeness (QED) is 0.917. The van der Waals surface area contributed by atoms with Gasteiger partial charge in [0.15, 0.2) is 11.5 Å². The molecule has 1 saturated heterocycles. The van der Waals surface area contributed by atoms with Crippen LogP contribution in [0.2, 0.25) is 0 Å². The third-order valence-corrected chi connectivity index (χ3v) is 5.13. The Hall–Kier alpha value is -1.76. The molecule has 3 heterocycles. The van der Waals surface area contributed by atoms with Crippen molar-refractivity contribution in [3.8, 4) is 11.5 Å². The molecule has 2 atom stereocenters. The zero-order valence-corrected chi connectivity index (χ0v) is 13.2. The van der Waals surface area contributed by atoms with Gasteiger partial charge in [0, 0.05) is 18.5 Å². The first-order chi connectivity index (χ1) is 10.6. The van der Waals surface area contributed by atoms with Crippen molar-refractivity contribution in [1.82, 2.24) is 4.90 Å². The predicted octanol–water partition coefficient (Wildman–Crippen LogP) is 2.09. The number of aliphatic carboxylic acids is 1. The molecule has 2 aliphatic heterocycles. The summed E-state index contributed by atoms with van der Waals surface area (Å²) >= 11 is 1.30. The predicted molar refractivity (Wildman–Crippen MR) is 80.7 cm³/mol. The molecule has 3 rings (SSSR count). The third kappa shape index (κ3) is 2.65. The second kappa shape index (κ2) is 6.16. The number of hydrogen-bond donors (Lipinski definition) is 1. The molecule has 0 unspecified atom stereocenters. The Labute approximate surface area is 132 Å². The van der Waals surface area contributed by atoms with Crippen molar-refractivity contribution in [2.75, 3.05) is 26.3 Å². The molecule has 6 nitrogen and oxygen atoms in total. The van der Waals surface area contributed by atoms with Crippen molar-refractivity contribution < 1.29 is 24.2 Å². The highest BCUT2D eigenvalue weighted by atomic mass is 32.1. The lowest BCUT2D eigenvalue weighted by Crippen LogP contribution is -2.30. The summed E-state index contributed by atoms with van der Waals surface area (Å²) in [5.74, 6) is -0.301. The van der Waals surface area contributed by atoms with E-state index in [4.69, 9.17) is 9.47 Å². The van der Waals surface area contributed by atoms with E-state index in [2.05, 4.69) is 0 Å². The van der Waals surface area contributed by atoms with Gasteiger partial charge < -0.3 is 19.5 Å². The number of carboxylic acids is 1. The molecule has 0 radical (unpaired) electrons. The van der Waals surface area contributed by atoms with E-state index in [1.54, 1.807) is 10.3 Å². The van der Waals surface area contributed by atoms with Crippen LogP contribution in [0.4, 0.5) is 0 Å². The SMILES string of the molecule is CCC[C@@H]1CN(C(=O)c2scc3c2OCCO3)C[C@H]1C(=O)O. The van der Waals surface area contributed by atoms with Gasteiger partial charge in [0.1, 0.15) is 18.1 Å². The molecule has 0 aliphatic carbocycles. The summed E-state index contributed by atoms with van der Waals surface area (Å²) in [7, 11) is 0. The molecule has 7 heteroatoms. The van der Waals surface area contributed by atoms with Crippen LogP contribution in [0.1, 0.15) is 29.4 Å². The second-order valence-corrected chi connectivity index (χ2v) is 6.54. The topological polar surface area (TPSA) is 76.1 Å². The average molecular weight is 325 g/mol.